The van der Waals surface area contributed by atoms with Gasteiger partial charge in [0.15, 0.2) is 28.8 Å². The molecule has 10 aromatic rings. The number of phenols is 1. The molecule has 95 heavy (non-hydrogen) atoms. The molecule has 30 heteroatoms. The summed E-state index contributed by atoms with van der Waals surface area (Å²) in [6, 6.07) is 28.7. The SMILES string of the molecule is COc1ccc(COc2c3c(c(N(C)S(C)(=O)=O)c4cccnc24)CN(Cc2cc(C)no2)C3=O)cc1.COc1ccc(COc2c3c(c(N(C)S(C)(=O)=O)c4cccnc24)CNC3=O)cc1.Cc1cc(CN2Cc3c(c(O)c4ncccc4c3N(C)S(C)(=O)=O)C2=O)on1. The highest BCUT2D eigenvalue weighted by molar-refractivity contribution is 7.92. The maximum atomic E-state index is 13.8. The van der Waals surface area contributed by atoms with Crippen molar-refractivity contribution >= 4 is 97.6 Å². The number of rotatable bonds is 18. The summed E-state index contributed by atoms with van der Waals surface area (Å²) < 4.78 is 111. The van der Waals surface area contributed by atoms with E-state index in [1.807, 2.05) is 48.5 Å². The van der Waals surface area contributed by atoms with E-state index in [9.17, 15) is 44.7 Å². The number of sulfonamides is 3. The van der Waals surface area contributed by atoms with Gasteiger partial charge in [0.1, 0.15) is 41.3 Å². The van der Waals surface area contributed by atoms with Gasteiger partial charge in [-0.2, -0.15) is 0 Å². The fraction of sp³-hybridized carbons (Fsp3) is 0.262. The summed E-state index contributed by atoms with van der Waals surface area (Å²) in [7, 11) is -3.24. The number of hydrogen-bond acceptors (Lipinski definition) is 21. The Morgan fingerprint density at radius 2 is 0.916 bits per heavy atom. The maximum Gasteiger partial charge on any atom is 0.258 e. The molecule has 8 heterocycles. The van der Waals surface area contributed by atoms with Crippen LogP contribution in [-0.2, 0) is 76.0 Å². The number of aryl methyl sites for hydroxylation is 2. The monoisotopic (exact) mass is 1350 g/mol. The van der Waals surface area contributed by atoms with Crippen molar-refractivity contribution in [2.75, 3.05) is 67.0 Å². The molecule has 0 saturated heterocycles. The number of phenolic OH excluding ortho intramolecular Hbond substituents is 1. The van der Waals surface area contributed by atoms with Crippen LogP contribution in [0.3, 0.4) is 0 Å². The summed E-state index contributed by atoms with van der Waals surface area (Å²) in [6.45, 7) is 4.82. The standard InChI is InChI=1S/C26H26N4O6S.C21H21N3O5S.C18H18N4O5S/c1-16-12-19(36-28-16)13-30-14-21-22(26(30)31)25(35-15-17-7-9-18(34-3)10-8-17)23-20(6-5-11-27-23)24(21)29(2)37(4,32)33;1-24(30(3,26)27)19-15-5-4-10-22-18(15)20(17-16(19)11-23-21(17)25)29-12-13-6-8-14(28-2)9-7-13;1-10-7-11(27-20-10)8-22-9-13-14(18(22)24)17(23)15-12(5-4-6-19-15)16(13)21(2)28(3,25)26/h5-12H,13-15H2,1-4H3;4-10H,11-12H2,1-3H3,(H,23,25);4-7,23H,8-9H2,1-3H3. The lowest BCUT2D eigenvalue weighted by Crippen LogP contribution is -2.26. The van der Waals surface area contributed by atoms with Crippen molar-refractivity contribution < 1.29 is 72.7 Å². The molecule has 0 radical (unpaired) electrons. The number of fused-ring (bicyclic) bond motifs is 6. The van der Waals surface area contributed by atoms with Gasteiger partial charge in [0.2, 0.25) is 30.1 Å². The minimum atomic E-state index is -3.64. The summed E-state index contributed by atoms with van der Waals surface area (Å²) in [5.41, 5.74) is 7.61. The molecule has 0 unspecified atom stereocenters. The van der Waals surface area contributed by atoms with Gasteiger partial charge in [-0.25, -0.2) is 25.3 Å². The van der Waals surface area contributed by atoms with E-state index in [2.05, 4.69) is 30.6 Å². The number of ether oxygens (including phenoxy) is 4. The Hall–Kier alpha value is -10.6. The minimum absolute atomic E-state index is 0.0629. The van der Waals surface area contributed by atoms with Crippen molar-refractivity contribution in [1.29, 1.82) is 0 Å². The van der Waals surface area contributed by atoms with Crippen LogP contribution in [0, 0.1) is 13.8 Å². The molecule has 0 bridgehead atoms. The van der Waals surface area contributed by atoms with Crippen LogP contribution in [0.25, 0.3) is 32.7 Å². The minimum Gasteiger partial charge on any atom is -0.505 e. The highest BCUT2D eigenvalue weighted by Crippen LogP contribution is 2.48. The smallest absolute Gasteiger partial charge is 0.258 e. The Balaban J connectivity index is 0.000000147. The lowest BCUT2D eigenvalue weighted by molar-refractivity contribution is 0.0742. The second kappa shape index (κ2) is 26.1. The molecule has 13 rings (SSSR count). The summed E-state index contributed by atoms with van der Waals surface area (Å²) in [5.74, 6) is 1.85. The first-order valence-corrected chi connectivity index (χ1v) is 34.7. The molecule has 3 amide bonds. The molecule has 2 N–H and O–H groups in total. The molecule has 0 saturated carbocycles. The number of aromatic hydroxyl groups is 1. The Morgan fingerprint density at radius 1 is 0.537 bits per heavy atom. The fourth-order valence-electron chi connectivity index (χ4n) is 11.5. The van der Waals surface area contributed by atoms with E-state index < -0.39 is 36.0 Å². The molecule has 0 spiro atoms. The van der Waals surface area contributed by atoms with Crippen molar-refractivity contribution in [3.8, 4) is 28.7 Å². The van der Waals surface area contributed by atoms with Crippen LogP contribution in [0.1, 0.15) is 81.8 Å². The molecule has 3 aliphatic heterocycles. The third-order valence-corrected chi connectivity index (χ3v) is 19.8. The number of nitrogens with one attached hydrogen (secondary N) is 1. The number of aromatic nitrogens is 5. The summed E-state index contributed by atoms with van der Waals surface area (Å²) in [4.78, 5) is 55.6. The van der Waals surface area contributed by atoms with Gasteiger partial charge in [-0.15, -0.1) is 0 Å². The Bertz CT molecular complexity index is 5050. The third kappa shape index (κ3) is 13.1. The van der Waals surface area contributed by atoms with E-state index in [1.165, 1.54) is 40.9 Å². The quantitative estimate of drug-likeness (QED) is 0.0823. The van der Waals surface area contributed by atoms with Crippen molar-refractivity contribution in [1.82, 2.24) is 40.4 Å². The summed E-state index contributed by atoms with van der Waals surface area (Å²) >= 11 is 0. The molecule has 0 atom stereocenters. The van der Waals surface area contributed by atoms with E-state index in [-0.39, 0.29) is 74.6 Å². The van der Waals surface area contributed by atoms with Crippen LogP contribution in [0.5, 0.6) is 28.7 Å². The molecule has 3 aliphatic rings. The van der Waals surface area contributed by atoms with E-state index in [1.54, 1.807) is 93.9 Å². The number of hydrogen-bond donors (Lipinski definition) is 2. The number of methoxy groups -OCH3 is 2. The molecule has 0 fully saturated rings. The molecular weight excluding hydrogens is 1290 g/mol. The van der Waals surface area contributed by atoms with Gasteiger partial charge < -0.3 is 48.2 Å². The first-order chi connectivity index (χ1) is 45.2. The summed E-state index contributed by atoms with van der Waals surface area (Å²) in [6.07, 6.45) is 7.99. The highest BCUT2D eigenvalue weighted by atomic mass is 32.2. The largest absolute Gasteiger partial charge is 0.505 e. The number of carbonyl (C=O) groups excluding carboxylic acids is 3. The molecule has 5 aromatic carbocycles. The van der Waals surface area contributed by atoms with Crippen LogP contribution < -0.4 is 37.2 Å². The highest BCUT2D eigenvalue weighted by Gasteiger charge is 2.40. The number of carbonyl (C=O) groups is 3. The lowest BCUT2D eigenvalue weighted by atomic mass is 10.0. The Labute approximate surface area is 546 Å². The van der Waals surface area contributed by atoms with E-state index in [0.717, 1.165) is 45.7 Å². The zero-order valence-electron chi connectivity index (χ0n) is 53.2. The number of benzene rings is 5. The normalized spacial score (nSPS) is 13.4. The Morgan fingerprint density at radius 3 is 1.32 bits per heavy atom. The van der Waals surface area contributed by atoms with Crippen molar-refractivity contribution in [3.63, 3.8) is 0 Å². The molecule has 27 nitrogen and oxygen atoms in total. The van der Waals surface area contributed by atoms with Crippen LogP contribution in [0.4, 0.5) is 17.1 Å². The predicted octanol–water partition coefficient (Wildman–Crippen LogP) is 7.92. The predicted molar refractivity (Wildman–Crippen MR) is 352 cm³/mol. The maximum absolute atomic E-state index is 13.8. The summed E-state index contributed by atoms with van der Waals surface area (Å²) in [5, 5.41) is 22.8. The zero-order valence-corrected chi connectivity index (χ0v) is 55.6. The van der Waals surface area contributed by atoms with Gasteiger partial charge in [-0.05, 0) is 85.6 Å². The van der Waals surface area contributed by atoms with E-state index in [4.69, 9.17) is 28.0 Å². The van der Waals surface area contributed by atoms with Crippen LogP contribution in [-0.4, -0.2) is 137 Å². The second-order valence-corrected chi connectivity index (χ2v) is 28.7. The first kappa shape index (κ1) is 65.9. The van der Waals surface area contributed by atoms with Crippen molar-refractivity contribution in [2.45, 2.75) is 59.8 Å². The lowest BCUT2D eigenvalue weighted by Gasteiger charge is -2.23. The second-order valence-electron chi connectivity index (χ2n) is 22.7. The van der Waals surface area contributed by atoms with Gasteiger partial charge in [0.05, 0.1) is 91.2 Å². The van der Waals surface area contributed by atoms with Crippen LogP contribution in [0.2, 0.25) is 0 Å². The van der Waals surface area contributed by atoms with Gasteiger partial charge in [-0.3, -0.25) is 42.3 Å². The van der Waals surface area contributed by atoms with Gasteiger partial charge in [0, 0.05) is 104 Å². The average molecular weight is 1350 g/mol. The van der Waals surface area contributed by atoms with Crippen LogP contribution >= 0.6 is 0 Å². The fourth-order valence-corrected chi connectivity index (χ4v) is 13.1. The van der Waals surface area contributed by atoms with Gasteiger partial charge in [0.25, 0.3) is 17.7 Å². The topological polar surface area (TPSA) is 330 Å². The van der Waals surface area contributed by atoms with Crippen molar-refractivity contribution in [3.05, 3.63) is 183 Å². The molecular formula is C65H65N11O16S3. The van der Waals surface area contributed by atoms with Crippen molar-refractivity contribution in [2.24, 2.45) is 0 Å². The molecule has 494 valence electrons. The Kier molecular flexibility index (Phi) is 18.1. The van der Waals surface area contributed by atoms with Crippen LogP contribution in [0.15, 0.2) is 125 Å². The van der Waals surface area contributed by atoms with Gasteiger partial charge in [-0.1, -0.05) is 34.6 Å². The third-order valence-electron chi connectivity index (χ3n) is 16.2. The number of amides is 3. The zero-order chi connectivity index (χ0) is 68.0. The molecule has 5 aromatic heterocycles. The number of anilines is 3. The van der Waals surface area contributed by atoms with Gasteiger partial charge >= 0.3 is 0 Å². The number of nitrogens with zero attached hydrogens (tertiary/aromatic N) is 10. The first-order valence-electron chi connectivity index (χ1n) is 29.2. The van der Waals surface area contributed by atoms with E-state index >= 15 is 0 Å². The average Bonchev–Trinajstić information content (AvgIpc) is 1.73. The number of pyridine rings is 3. The van der Waals surface area contributed by atoms with E-state index in [0.29, 0.717) is 106 Å². The molecule has 0 aliphatic carbocycles.